The van der Waals surface area contributed by atoms with Gasteiger partial charge in [0.2, 0.25) is 4.77 Å². The highest BCUT2D eigenvalue weighted by Gasteiger charge is 2.33. The van der Waals surface area contributed by atoms with Crippen molar-refractivity contribution in [3.63, 3.8) is 0 Å². The lowest BCUT2D eigenvalue weighted by Crippen LogP contribution is -2.33. The van der Waals surface area contributed by atoms with Gasteiger partial charge in [0.15, 0.2) is 5.82 Å². The number of rotatable bonds is 6. The lowest BCUT2D eigenvalue weighted by Gasteiger charge is -2.10. The molecule has 12 heteroatoms. The zero-order chi connectivity index (χ0) is 23.5. The molecule has 2 heterocycles. The second-order valence-electron chi connectivity index (χ2n) is 6.72. The van der Waals surface area contributed by atoms with Crippen LogP contribution in [0.25, 0.3) is 17.5 Å². The summed E-state index contributed by atoms with van der Waals surface area (Å²) in [4.78, 5) is 24.8. The van der Waals surface area contributed by atoms with Crippen molar-refractivity contribution >= 4 is 76.3 Å². The predicted octanol–water partition coefficient (Wildman–Crippen LogP) is 4.43. The number of aromatic amines is 1. The summed E-state index contributed by atoms with van der Waals surface area (Å²) in [7, 11) is 0. The van der Waals surface area contributed by atoms with E-state index in [-0.39, 0.29) is 4.32 Å². The minimum atomic E-state index is -1.12. The highest BCUT2D eigenvalue weighted by Crippen LogP contribution is 2.32. The number of thioether (sulfide) groups is 1. The Morgan fingerprint density at radius 3 is 2.58 bits per heavy atom. The lowest BCUT2D eigenvalue weighted by molar-refractivity contribution is -0.140. The van der Waals surface area contributed by atoms with E-state index in [9.17, 15) is 9.59 Å². The van der Waals surface area contributed by atoms with Crippen molar-refractivity contribution in [2.24, 2.45) is 5.10 Å². The number of hydrogen-bond acceptors (Lipinski definition) is 7. The fraction of sp³-hybridized carbons (Fsp3) is 0.0476. The molecule has 166 valence electrons. The number of aliphatic carboxylic acids is 1. The number of aromatic nitrogens is 3. The number of carboxylic acids is 1. The van der Waals surface area contributed by atoms with Crippen LogP contribution in [-0.4, -0.2) is 53.8 Å². The van der Waals surface area contributed by atoms with Gasteiger partial charge in [-0.2, -0.15) is 14.9 Å². The molecule has 0 saturated carbocycles. The predicted molar refractivity (Wildman–Crippen MR) is 135 cm³/mol. The Morgan fingerprint density at radius 1 is 1.18 bits per heavy atom. The average Bonchev–Trinajstić information content (AvgIpc) is 3.27. The molecule has 3 aromatic rings. The number of thiocarbonyl (C=S) groups is 1. The maximum Gasteiger partial charge on any atom is 0.323 e. The number of amides is 1. The molecular formula is C21H14ClN5O3S3. The molecule has 0 bridgehead atoms. The molecule has 0 aliphatic carbocycles. The van der Waals surface area contributed by atoms with Gasteiger partial charge in [0.25, 0.3) is 5.91 Å². The number of nitrogens with zero attached hydrogens (tertiary/aromatic N) is 4. The van der Waals surface area contributed by atoms with Crippen molar-refractivity contribution in [3.8, 4) is 11.4 Å². The van der Waals surface area contributed by atoms with Crippen molar-refractivity contribution in [2.45, 2.75) is 0 Å². The number of nitrogens with one attached hydrogen (secondary N) is 1. The van der Waals surface area contributed by atoms with E-state index in [4.69, 9.17) is 41.1 Å². The Bertz CT molecular complexity index is 1380. The first kappa shape index (κ1) is 23.1. The number of hydrogen-bond donors (Lipinski definition) is 2. The van der Waals surface area contributed by atoms with E-state index in [1.807, 2.05) is 42.5 Å². The van der Waals surface area contributed by atoms with Crippen LogP contribution in [0.4, 0.5) is 0 Å². The molecule has 4 rings (SSSR count). The van der Waals surface area contributed by atoms with E-state index in [1.54, 1.807) is 18.4 Å². The largest absolute Gasteiger partial charge is 0.480 e. The summed E-state index contributed by atoms with van der Waals surface area (Å²) in [5.74, 6) is -1.05. The molecule has 33 heavy (non-hydrogen) atoms. The monoisotopic (exact) mass is 515 g/mol. The highest BCUT2D eigenvalue weighted by atomic mass is 35.5. The molecule has 2 N–H and O–H groups in total. The van der Waals surface area contributed by atoms with Gasteiger partial charge in [-0.05, 0) is 41.6 Å². The van der Waals surface area contributed by atoms with E-state index in [0.29, 0.717) is 26.1 Å². The maximum atomic E-state index is 12.4. The van der Waals surface area contributed by atoms with Crippen molar-refractivity contribution in [3.05, 3.63) is 74.4 Å². The Labute approximate surface area is 207 Å². The van der Waals surface area contributed by atoms with E-state index in [2.05, 4.69) is 15.3 Å². The molecule has 1 aliphatic rings. The molecule has 1 saturated heterocycles. The normalized spacial score (nSPS) is 15.2. The van der Waals surface area contributed by atoms with Gasteiger partial charge < -0.3 is 5.11 Å². The molecule has 0 unspecified atom stereocenters. The summed E-state index contributed by atoms with van der Waals surface area (Å²) in [6, 6.07) is 14.5. The number of carboxylic acid groups (broad SMARTS) is 1. The maximum absolute atomic E-state index is 12.4. The van der Waals surface area contributed by atoms with E-state index in [0.717, 1.165) is 27.8 Å². The minimum Gasteiger partial charge on any atom is -0.480 e. The van der Waals surface area contributed by atoms with Gasteiger partial charge in [0, 0.05) is 5.56 Å². The lowest BCUT2D eigenvalue weighted by atomic mass is 10.1. The van der Waals surface area contributed by atoms with E-state index < -0.39 is 18.4 Å². The Balaban J connectivity index is 1.54. The molecule has 0 radical (unpaired) electrons. The van der Waals surface area contributed by atoms with Crippen LogP contribution in [0, 0.1) is 4.77 Å². The van der Waals surface area contributed by atoms with Gasteiger partial charge in [0.1, 0.15) is 10.9 Å². The van der Waals surface area contributed by atoms with Crippen LogP contribution in [0.5, 0.6) is 0 Å². The van der Waals surface area contributed by atoms with Gasteiger partial charge >= 0.3 is 5.97 Å². The van der Waals surface area contributed by atoms with Crippen molar-refractivity contribution < 1.29 is 14.7 Å². The van der Waals surface area contributed by atoms with Crippen LogP contribution in [0.3, 0.4) is 0 Å². The first-order valence-corrected chi connectivity index (χ1v) is 11.4. The third kappa shape index (κ3) is 5.11. The molecule has 0 atom stereocenters. The third-order valence-electron chi connectivity index (χ3n) is 4.49. The van der Waals surface area contributed by atoms with Crippen LogP contribution >= 0.6 is 47.8 Å². The highest BCUT2D eigenvalue weighted by molar-refractivity contribution is 8.26. The molecule has 1 aliphatic heterocycles. The van der Waals surface area contributed by atoms with Crippen LogP contribution in [0.15, 0.2) is 58.5 Å². The molecule has 2 aromatic carbocycles. The van der Waals surface area contributed by atoms with Gasteiger partial charge in [-0.15, -0.1) is 0 Å². The second-order valence-corrected chi connectivity index (χ2v) is 9.19. The summed E-state index contributed by atoms with van der Waals surface area (Å²) >= 11 is 17.7. The van der Waals surface area contributed by atoms with E-state index in [1.165, 1.54) is 4.68 Å². The first-order chi connectivity index (χ1) is 15.8. The summed E-state index contributed by atoms with van der Waals surface area (Å²) < 4.78 is 2.03. The molecule has 1 fully saturated rings. The average molecular weight is 516 g/mol. The summed E-state index contributed by atoms with van der Waals surface area (Å²) in [5, 5.41) is 20.8. The Hall–Kier alpha value is -3.12. The fourth-order valence-electron chi connectivity index (χ4n) is 2.94. The Morgan fingerprint density at radius 2 is 1.88 bits per heavy atom. The fourth-order valence-corrected chi connectivity index (χ4v) is 4.60. The first-order valence-electron chi connectivity index (χ1n) is 9.37. The van der Waals surface area contributed by atoms with Gasteiger partial charge in [-0.1, -0.05) is 72.0 Å². The molecule has 1 amide bonds. The van der Waals surface area contributed by atoms with Crippen molar-refractivity contribution in [1.82, 2.24) is 19.8 Å². The topological polar surface area (TPSA) is 104 Å². The number of H-pyrrole nitrogens is 1. The minimum absolute atomic E-state index is 0.226. The van der Waals surface area contributed by atoms with Gasteiger partial charge in [-0.3, -0.25) is 14.5 Å². The second kappa shape index (κ2) is 9.79. The summed E-state index contributed by atoms with van der Waals surface area (Å²) in [6.45, 7) is -0.454. The number of carbonyl (C=O) groups excluding carboxylic acids is 1. The summed E-state index contributed by atoms with van der Waals surface area (Å²) in [5.41, 5.74) is 2.25. The van der Waals surface area contributed by atoms with Crippen LogP contribution < -0.4 is 0 Å². The number of benzene rings is 2. The van der Waals surface area contributed by atoms with Gasteiger partial charge in [0.05, 0.1) is 16.1 Å². The molecule has 0 spiro atoms. The smallest absolute Gasteiger partial charge is 0.323 e. The number of carbonyl (C=O) groups is 2. The van der Waals surface area contributed by atoms with Crippen molar-refractivity contribution in [2.75, 3.05) is 6.54 Å². The zero-order valence-corrected chi connectivity index (χ0v) is 19.8. The van der Waals surface area contributed by atoms with Crippen molar-refractivity contribution in [1.29, 1.82) is 0 Å². The van der Waals surface area contributed by atoms with E-state index >= 15 is 0 Å². The van der Waals surface area contributed by atoms with Gasteiger partial charge in [-0.25, -0.2) is 5.10 Å². The standard InChI is InChI=1S/C21H14ClN5O3S3/c22-15-4-2-1-3-14(15)18-24-25-20(31)27(18)23-10-13-7-5-12(6-8-13)9-16-19(30)26(11-17(28)29)21(32)33-16/h1-10H,11H2,(H,25,31)(H,28,29)/b16-9-,23-10+. The molecule has 1 aromatic heterocycles. The quantitative estimate of drug-likeness (QED) is 0.284. The van der Waals surface area contributed by atoms with Crippen LogP contribution in [0.2, 0.25) is 5.02 Å². The molecular weight excluding hydrogens is 502 g/mol. The summed E-state index contributed by atoms with van der Waals surface area (Å²) in [6.07, 6.45) is 3.30. The SMILES string of the molecule is O=C(O)CN1C(=O)/C(=C/c2ccc(/C=N/n3c(-c4ccccc4Cl)n[nH]c3=S)cc2)SC1=S. The third-order valence-corrected chi connectivity index (χ3v) is 6.46. The zero-order valence-electron chi connectivity index (χ0n) is 16.6. The van der Waals surface area contributed by atoms with Crippen LogP contribution in [-0.2, 0) is 9.59 Å². The number of halogens is 1. The van der Waals surface area contributed by atoms with Crippen LogP contribution in [0.1, 0.15) is 11.1 Å². The Kier molecular flexibility index (Phi) is 6.84. The molecule has 8 nitrogen and oxygen atoms in total.